The number of pyridine rings is 1. The minimum absolute atomic E-state index is 0.291. The fourth-order valence-electron chi connectivity index (χ4n) is 2.74. The number of ether oxygens (including phenoxy) is 2. The zero-order valence-electron chi connectivity index (χ0n) is 11.9. The number of hydrogen-bond donors (Lipinski definition) is 0. The molecular formula is C18H14ClNO2. The third-order valence-electron chi connectivity index (χ3n) is 3.90. The van der Waals surface area contributed by atoms with E-state index in [1.165, 1.54) is 5.56 Å². The first-order chi connectivity index (χ1) is 10.8. The van der Waals surface area contributed by atoms with E-state index in [-0.39, 0.29) is 0 Å². The highest BCUT2D eigenvalue weighted by molar-refractivity contribution is 6.30. The van der Waals surface area contributed by atoms with E-state index >= 15 is 0 Å². The van der Waals surface area contributed by atoms with Crippen LogP contribution in [0.15, 0.2) is 48.7 Å². The van der Waals surface area contributed by atoms with Crippen molar-refractivity contribution in [2.45, 2.75) is 12.8 Å². The highest BCUT2D eigenvalue weighted by atomic mass is 35.5. The Bertz CT molecular complexity index is 830. The molecular weight excluding hydrogens is 298 g/mol. The van der Waals surface area contributed by atoms with Gasteiger partial charge in [0, 0.05) is 22.3 Å². The molecule has 3 aromatic rings. The number of nitrogens with zero attached hydrogens (tertiary/aromatic N) is 1. The molecule has 0 spiro atoms. The van der Waals surface area contributed by atoms with Crippen LogP contribution in [0.3, 0.4) is 0 Å². The Kier molecular flexibility index (Phi) is 3.35. The molecule has 4 heteroatoms. The molecule has 0 fully saturated rings. The number of rotatable bonds is 3. The van der Waals surface area contributed by atoms with E-state index in [1.807, 2.05) is 36.5 Å². The van der Waals surface area contributed by atoms with Crippen molar-refractivity contribution in [3.05, 3.63) is 64.9 Å². The van der Waals surface area contributed by atoms with Crippen molar-refractivity contribution >= 4 is 22.4 Å². The topological polar surface area (TPSA) is 31.4 Å². The molecule has 0 atom stereocenters. The molecule has 0 N–H and O–H groups in total. The van der Waals surface area contributed by atoms with E-state index in [1.54, 1.807) is 0 Å². The summed E-state index contributed by atoms with van der Waals surface area (Å²) in [6.07, 6.45) is 3.65. The lowest BCUT2D eigenvalue weighted by molar-refractivity contribution is 0.174. The van der Waals surface area contributed by atoms with Gasteiger partial charge in [0.05, 0.1) is 0 Å². The smallest absolute Gasteiger partial charge is 0.231 e. The zero-order chi connectivity index (χ0) is 14.9. The Labute approximate surface area is 133 Å². The second-order valence-electron chi connectivity index (χ2n) is 5.31. The van der Waals surface area contributed by atoms with Gasteiger partial charge in [0.2, 0.25) is 6.79 Å². The number of benzene rings is 2. The molecule has 0 unspecified atom stereocenters. The van der Waals surface area contributed by atoms with Crippen LogP contribution >= 0.6 is 11.6 Å². The number of fused-ring (bicyclic) bond motifs is 2. The Morgan fingerprint density at radius 2 is 1.73 bits per heavy atom. The molecule has 2 aromatic carbocycles. The first kappa shape index (κ1) is 13.4. The predicted molar refractivity (Wildman–Crippen MR) is 86.7 cm³/mol. The molecule has 0 amide bonds. The maximum Gasteiger partial charge on any atom is 0.231 e. The van der Waals surface area contributed by atoms with Gasteiger partial charge in [-0.25, -0.2) is 0 Å². The van der Waals surface area contributed by atoms with E-state index in [0.29, 0.717) is 6.79 Å². The number of aromatic nitrogens is 1. The molecule has 0 bridgehead atoms. The lowest BCUT2D eigenvalue weighted by atomic mass is 10.0. The molecule has 1 aliphatic rings. The largest absolute Gasteiger partial charge is 0.454 e. The molecule has 3 nitrogen and oxygen atoms in total. The SMILES string of the molecule is Clc1ccc(CCc2nccc3cc4c(cc23)OCO4)cc1. The summed E-state index contributed by atoms with van der Waals surface area (Å²) in [5.74, 6) is 1.61. The molecule has 0 aliphatic carbocycles. The van der Waals surface area contributed by atoms with Crippen molar-refractivity contribution in [1.29, 1.82) is 0 Å². The van der Waals surface area contributed by atoms with E-state index in [2.05, 4.69) is 17.1 Å². The Morgan fingerprint density at radius 1 is 0.955 bits per heavy atom. The lowest BCUT2D eigenvalue weighted by Crippen LogP contribution is -1.96. The predicted octanol–water partition coefficient (Wildman–Crippen LogP) is 4.40. The first-order valence-electron chi connectivity index (χ1n) is 7.21. The summed E-state index contributed by atoms with van der Waals surface area (Å²) in [6, 6.07) is 14.0. The highest BCUT2D eigenvalue weighted by Gasteiger charge is 2.15. The van der Waals surface area contributed by atoms with Gasteiger partial charge in [-0.15, -0.1) is 0 Å². The number of halogens is 1. The fraction of sp³-hybridized carbons (Fsp3) is 0.167. The van der Waals surface area contributed by atoms with Gasteiger partial charge in [-0.3, -0.25) is 4.98 Å². The van der Waals surface area contributed by atoms with Crippen LogP contribution in [-0.4, -0.2) is 11.8 Å². The van der Waals surface area contributed by atoms with Gasteiger partial charge in [-0.05, 0) is 54.1 Å². The average Bonchev–Trinajstić information content (AvgIpc) is 2.99. The summed E-state index contributed by atoms with van der Waals surface area (Å²) < 4.78 is 10.9. The Morgan fingerprint density at radius 3 is 2.55 bits per heavy atom. The Hall–Kier alpha value is -2.26. The van der Waals surface area contributed by atoms with Crippen LogP contribution in [0.2, 0.25) is 5.02 Å². The van der Waals surface area contributed by atoms with Gasteiger partial charge in [-0.2, -0.15) is 0 Å². The summed E-state index contributed by atoms with van der Waals surface area (Å²) in [5, 5.41) is 3.02. The standard InChI is InChI=1S/C18H14ClNO2/c19-14-4-1-12(2-5-14)3-6-16-15-10-18-17(21-11-22-18)9-13(15)7-8-20-16/h1-2,4-5,7-10H,3,6,11H2. The minimum atomic E-state index is 0.291. The monoisotopic (exact) mass is 311 g/mol. The summed E-state index contributed by atoms with van der Waals surface area (Å²) in [7, 11) is 0. The molecule has 0 saturated carbocycles. The van der Waals surface area contributed by atoms with Crippen LogP contribution < -0.4 is 9.47 Å². The highest BCUT2D eigenvalue weighted by Crippen LogP contribution is 2.36. The number of aryl methyl sites for hydroxylation is 2. The van der Waals surface area contributed by atoms with Crippen LogP contribution in [0.5, 0.6) is 11.5 Å². The van der Waals surface area contributed by atoms with Crippen molar-refractivity contribution in [3.8, 4) is 11.5 Å². The van der Waals surface area contributed by atoms with E-state index < -0.39 is 0 Å². The van der Waals surface area contributed by atoms with Gasteiger partial charge in [-0.1, -0.05) is 23.7 Å². The van der Waals surface area contributed by atoms with Crippen molar-refractivity contribution in [2.24, 2.45) is 0 Å². The van der Waals surface area contributed by atoms with Crippen molar-refractivity contribution < 1.29 is 9.47 Å². The average molecular weight is 312 g/mol. The lowest BCUT2D eigenvalue weighted by Gasteiger charge is -2.07. The van der Waals surface area contributed by atoms with Crippen molar-refractivity contribution in [2.75, 3.05) is 6.79 Å². The summed E-state index contributed by atoms with van der Waals surface area (Å²) in [6.45, 7) is 0.291. The van der Waals surface area contributed by atoms with Gasteiger partial charge in [0.25, 0.3) is 0 Å². The fourth-order valence-corrected chi connectivity index (χ4v) is 2.86. The zero-order valence-corrected chi connectivity index (χ0v) is 12.6. The summed E-state index contributed by atoms with van der Waals surface area (Å²) in [4.78, 5) is 4.54. The maximum atomic E-state index is 5.92. The minimum Gasteiger partial charge on any atom is -0.454 e. The van der Waals surface area contributed by atoms with Crippen LogP contribution in [0.25, 0.3) is 10.8 Å². The molecule has 1 aromatic heterocycles. The van der Waals surface area contributed by atoms with Gasteiger partial charge >= 0.3 is 0 Å². The molecule has 4 rings (SSSR count). The molecule has 0 saturated heterocycles. The van der Waals surface area contributed by atoms with E-state index in [0.717, 1.165) is 45.8 Å². The summed E-state index contributed by atoms with van der Waals surface area (Å²) in [5.41, 5.74) is 2.33. The molecule has 1 aliphatic heterocycles. The van der Waals surface area contributed by atoms with Gasteiger partial charge in [0.1, 0.15) is 0 Å². The molecule has 0 radical (unpaired) electrons. The van der Waals surface area contributed by atoms with Crippen molar-refractivity contribution in [3.63, 3.8) is 0 Å². The second kappa shape index (κ2) is 5.50. The number of hydrogen-bond acceptors (Lipinski definition) is 3. The molecule has 110 valence electrons. The molecule has 22 heavy (non-hydrogen) atoms. The van der Waals surface area contributed by atoms with Gasteiger partial charge < -0.3 is 9.47 Å². The Balaban J connectivity index is 1.65. The normalized spacial score (nSPS) is 12.8. The molecule has 2 heterocycles. The van der Waals surface area contributed by atoms with Crippen molar-refractivity contribution in [1.82, 2.24) is 4.98 Å². The van der Waals surface area contributed by atoms with Crippen LogP contribution in [-0.2, 0) is 12.8 Å². The van der Waals surface area contributed by atoms with E-state index in [4.69, 9.17) is 21.1 Å². The third kappa shape index (κ3) is 2.48. The maximum absolute atomic E-state index is 5.92. The van der Waals surface area contributed by atoms with Crippen LogP contribution in [0.4, 0.5) is 0 Å². The van der Waals surface area contributed by atoms with Crippen LogP contribution in [0.1, 0.15) is 11.3 Å². The van der Waals surface area contributed by atoms with Crippen LogP contribution in [0, 0.1) is 0 Å². The first-order valence-corrected chi connectivity index (χ1v) is 7.59. The van der Waals surface area contributed by atoms with E-state index in [9.17, 15) is 0 Å². The van der Waals surface area contributed by atoms with Gasteiger partial charge in [0.15, 0.2) is 11.5 Å². The second-order valence-corrected chi connectivity index (χ2v) is 5.75. The third-order valence-corrected chi connectivity index (χ3v) is 4.16. The quantitative estimate of drug-likeness (QED) is 0.718. The summed E-state index contributed by atoms with van der Waals surface area (Å²) >= 11 is 5.92.